The Balaban J connectivity index is 1.34. The van der Waals surface area contributed by atoms with E-state index in [0.717, 1.165) is 36.2 Å². The molecule has 2 N–H and O–H groups in total. The van der Waals surface area contributed by atoms with Gasteiger partial charge < -0.3 is 10.6 Å². The topological polar surface area (TPSA) is 57.0 Å². The standard InChI is InChI=1S/C21H28N6S/c1-2-22-20(23-13-18-16-27-11-12-28-21(27)25-18)24-14-19-9-6-10-26(19)15-17-7-4-3-5-8-17/h3-5,7-8,11-12,16,19H,2,6,9-10,13-15H2,1H3,(H2,22,23,24). The molecule has 0 saturated carbocycles. The van der Waals surface area contributed by atoms with Gasteiger partial charge in [0.05, 0.1) is 12.2 Å². The molecule has 1 aromatic carbocycles. The van der Waals surface area contributed by atoms with Crippen LogP contribution in [0.2, 0.25) is 0 Å². The number of rotatable bonds is 7. The third-order valence-electron chi connectivity index (χ3n) is 5.12. The zero-order valence-electron chi connectivity index (χ0n) is 16.3. The van der Waals surface area contributed by atoms with Crippen molar-refractivity contribution in [2.24, 2.45) is 4.99 Å². The number of fused-ring (bicyclic) bond motifs is 1. The molecule has 1 aliphatic heterocycles. The minimum atomic E-state index is 0.544. The smallest absolute Gasteiger partial charge is 0.193 e. The first kappa shape index (κ1) is 19.0. The Labute approximate surface area is 170 Å². The molecule has 6 nitrogen and oxygen atoms in total. The van der Waals surface area contributed by atoms with Crippen molar-refractivity contribution >= 4 is 22.3 Å². The highest BCUT2D eigenvalue weighted by Crippen LogP contribution is 2.19. The number of hydrogen-bond acceptors (Lipinski definition) is 4. The Morgan fingerprint density at radius 1 is 1.29 bits per heavy atom. The van der Waals surface area contributed by atoms with Gasteiger partial charge in [-0.05, 0) is 31.9 Å². The van der Waals surface area contributed by atoms with Gasteiger partial charge in [0.15, 0.2) is 10.9 Å². The Bertz CT molecular complexity index is 871. The average Bonchev–Trinajstić information content (AvgIpc) is 3.41. The summed E-state index contributed by atoms with van der Waals surface area (Å²) >= 11 is 1.65. The molecule has 2 aromatic heterocycles. The Morgan fingerprint density at radius 3 is 3.00 bits per heavy atom. The number of hydrogen-bond donors (Lipinski definition) is 2. The van der Waals surface area contributed by atoms with Gasteiger partial charge in [0, 0.05) is 43.4 Å². The van der Waals surface area contributed by atoms with Crippen LogP contribution in [0, 0.1) is 0 Å². The van der Waals surface area contributed by atoms with E-state index in [1.165, 1.54) is 24.9 Å². The summed E-state index contributed by atoms with van der Waals surface area (Å²) in [4.78, 5) is 12.9. The Hall–Kier alpha value is -2.38. The number of guanidine groups is 1. The van der Waals surface area contributed by atoms with Crippen molar-refractivity contribution in [1.29, 1.82) is 0 Å². The molecule has 0 amide bonds. The molecule has 1 saturated heterocycles. The van der Waals surface area contributed by atoms with E-state index >= 15 is 0 Å². The first-order valence-electron chi connectivity index (χ1n) is 10.0. The van der Waals surface area contributed by atoms with E-state index in [-0.39, 0.29) is 0 Å². The van der Waals surface area contributed by atoms with Gasteiger partial charge in [-0.2, -0.15) is 0 Å². The van der Waals surface area contributed by atoms with Crippen LogP contribution in [0.25, 0.3) is 4.96 Å². The van der Waals surface area contributed by atoms with E-state index in [0.29, 0.717) is 12.6 Å². The number of imidazole rings is 1. The van der Waals surface area contributed by atoms with E-state index in [4.69, 9.17) is 4.99 Å². The SMILES string of the molecule is CCNC(=NCc1cn2ccsc2n1)NCC1CCCN1Cc1ccccc1. The van der Waals surface area contributed by atoms with Crippen molar-refractivity contribution in [3.63, 3.8) is 0 Å². The van der Waals surface area contributed by atoms with Crippen LogP contribution in [0.1, 0.15) is 31.0 Å². The molecule has 3 aromatic rings. The van der Waals surface area contributed by atoms with Crippen molar-refractivity contribution in [3.05, 3.63) is 59.4 Å². The summed E-state index contributed by atoms with van der Waals surface area (Å²) in [7, 11) is 0. The van der Waals surface area contributed by atoms with Gasteiger partial charge in [0.2, 0.25) is 0 Å². The molecular weight excluding hydrogens is 368 g/mol. The third kappa shape index (κ3) is 4.72. The maximum atomic E-state index is 4.73. The second kappa shape index (κ2) is 9.21. The van der Waals surface area contributed by atoms with Gasteiger partial charge >= 0.3 is 0 Å². The molecule has 0 bridgehead atoms. The molecular formula is C21H28N6S. The van der Waals surface area contributed by atoms with E-state index in [1.54, 1.807) is 11.3 Å². The lowest BCUT2D eigenvalue weighted by molar-refractivity contribution is 0.245. The van der Waals surface area contributed by atoms with Crippen molar-refractivity contribution in [2.75, 3.05) is 19.6 Å². The highest BCUT2D eigenvalue weighted by molar-refractivity contribution is 7.15. The highest BCUT2D eigenvalue weighted by atomic mass is 32.1. The maximum Gasteiger partial charge on any atom is 0.193 e. The molecule has 148 valence electrons. The van der Waals surface area contributed by atoms with E-state index in [1.807, 2.05) is 11.6 Å². The first-order chi connectivity index (χ1) is 13.8. The summed E-state index contributed by atoms with van der Waals surface area (Å²) in [5.74, 6) is 0.866. The lowest BCUT2D eigenvalue weighted by Crippen LogP contribution is -2.44. The minimum Gasteiger partial charge on any atom is -0.357 e. The van der Waals surface area contributed by atoms with E-state index in [2.05, 4.69) is 68.4 Å². The monoisotopic (exact) mass is 396 g/mol. The van der Waals surface area contributed by atoms with Gasteiger partial charge in [0.1, 0.15) is 0 Å². The van der Waals surface area contributed by atoms with Crippen molar-refractivity contribution in [3.8, 4) is 0 Å². The zero-order valence-corrected chi connectivity index (χ0v) is 17.2. The van der Waals surface area contributed by atoms with Crippen LogP contribution in [0.15, 0.2) is 53.1 Å². The van der Waals surface area contributed by atoms with Crippen LogP contribution in [-0.4, -0.2) is 45.9 Å². The third-order valence-corrected chi connectivity index (χ3v) is 5.89. The van der Waals surface area contributed by atoms with Crippen molar-refractivity contribution < 1.29 is 0 Å². The number of benzene rings is 1. The fraction of sp³-hybridized carbons (Fsp3) is 0.429. The van der Waals surface area contributed by atoms with Crippen molar-refractivity contribution in [2.45, 2.75) is 38.9 Å². The predicted octanol–water partition coefficient (Wildman–Crippen LogP) is 3.12. The summed E-state index contributed by atoms with van der Waals surface area (Å²) in [6, 6.07) is 11.3. The van der Waals surface area contributed by atoms with Gasteiger partial charge in [-0.3, -0.25) is 9.30 Å². The molecule has 0 radical (unpaired) electrons. The Morgan fingerprint density at radius 2 is 2.18 bits per heavy atom. The number of likely N-dealkylation sites (tertiary alicyclic amines) is 1. The molecule has 1 atom stereocenters. The number of nitrogens with zero attached hydrogens (tertiary/aromatic N) is 4. The molecule has 0 aliphatic carbocycles. The van der Waals surface area contributed by atoms with E-state index in [9.17, 15) is 0 Å². The molecule has 4 rings (SSSR count). The summed E-state index contributed by atoms with van der Waals surface area (Å²) in [6.07, 6.45) is 6.58. The summed E-state index contributed by atoms with van der Waals surface area (Å²) < 4.78 is 2.05. The molecule has 0 spiro atoms. The maximum absolute atomic E-state index is 4.73. The van der Waals surface area contributed by atoms with Crippen LogP contribution in [0.3, 0.4) is 0 Å². The van der Waals surface area contributed by atoms with Crippen LogP contribution in [0.4, 0.5) is 0 Å². The minimum absolute atomic E-state index is 0.544. The molecule has 3 heterocycles. The number of aromatic nitrogens is 2. The Kier molecular flexibility index (Phi) is 6.24. The normalized spacial score (nSPS) is 18.0. The van der Waals surface area contributed by atoms with Crippen LogP contribution in [-0.2, 0) is 13.1 Å². The predicted molar refractivity (Wildman–Crippen MR) is 116 cm³/mol. The first-order valence-corrected chi connectivity index (χ1v) is 10.9. The second-order valence-corrected chi connectivity index (χ2v) is 8.03. The average molecular weight is 397 g/mol. The van der Waals surface area contributed by atoms with Crippen LogP contribution < -0.4 is 10.6 Å². The summed E-state index contributed by atoms with van der Waals surface area (Å²) in [5.41, 5.74) is 2.38. The van der Waals surface area contributed by atoms with Gasteiger partial charge in [-0.1, -0.05) is 30.3 Å². The van der Waals surface area contributed by atoms with Gasteiger partial charge in [0.25, 0.3) is 0 Å². The molecule has 1 aliphatic rings. The second-order valence-electron chi connectivity index (χ2n) is 7.15. The molecule has 1 fully saturated rings. The molecule has 28 heavy (non-hydrogen) atoms. The molecule has 7 heteroatoms. The fourth-order valence-electron chi connectivity index (χ4n) is 3.72. The number of nitrogens with one attached hydrogen (secondary N) is 2. The fourth-order valence-corrected chi connectivity index (χ4v) is 4.44. The van der Waals surface area contributed by atoms with Gasteiger partial charge in [-0.25, -0.2) is 9.98 Å². The van der Waals surface area contributed by atoms with Crippen LogP contribution in [0.5, 0.6) is 0 Å². The number of aliphatic imine (C=N–C) groups is 1. The van der Waals surface area contributed by atoms with Gasteiger partial charge in [-0.15, -0.1) is 11.3 Å². The highest BCUT2D eigenvalue weighted by Gasteiger charge is 2.24. The zero-order chi connectivity index (χ0) is 19.2. The summed E-state index contributed by atoms with van der Waals surface area (Å²) in [6.45, 7) is 6.63. The molecule has 1 unspecified atom stereocenters. The van der Waals surface area contributed by atoms with Crippen LogP contribution >= 0.6 is 11.3 Å². The summed E-state index contributed by atoms with van der Waals surface area (Å²) in [5, 5.41) is 8.94. The lowest BCUT2D eigenvalue weighted by Gasteiger charge is -2.25. The number of thiazole rings is 1. The van der Waals surface area contributed by atoms with E-state index < -0.39 is 0 Å². The largest absolute Gasteiger partial charge is 0.357 e. The van der Waals surface area contributed by atoms with Crippen molar-refractivity contribution in [1.82, 2.24) is 24.9 Å². The quantitative estimate of drug-likeness (QED) is 0.476. The lowest BCUT2D eigenvalue weighted by atomic mass is 10.2.